The zero-order chi connectivity index (χ0) is 6.73. The topological polar surface area (TPSA) is 0 Å². The van der Waals surface area contributed by atoms with Crippen molar-refractivity contribution in [3.8, 4) is 0 Å². The van der Waals surface area contributed by atoms with Crippen LogP contribution in [0.2, 0.25) is 0 Å². The normalized spacial score (nSPS) is 10.7. The maximum Gasteiger partial charge on any atom is 0.126 e. The maximum absolute atomic E-state index is 5.42. The van der Waals surface area contributed by atoms with E-state index in [1.165, 1.54) is 0 Å². The van der Waals surface area contributed by atoms with Crippen LogP contribution in [-0.2, 0) is 0 Å². The maximum atomic E-state index is 5.42. The third-order valence-electron chi connectivity index (χ3n) is 0.481. The largest absolute Gasteiger partial charge is 0.269 e. The van der Waals surface area contributed by atoms with Gasteiger partial charge in [-0.3, -0.25) is 4.70 Å². The molecule has 0 heterocycles. The Bertz CT molecular complexity index is 57.2. The molecule has 0 radical (unpaired) electrons. The van der Waals surface area contributed by atoms with E-state index in [9.17, 15) is 0 Å². The van der Waals surface area contributed by atoms with E-state index in [1.807, 2.05) is 0 Å². The molecule has 0 saturated carbocycles. The van der Waals surface area contributed by atoms with Crippen molar-refractivity contribution in [1.82, 2.24) is 0 Å². The van der Waals surface area contributed by atoms with E-state index >= 15 is 0 Å². The summed E-state index contributed by atoms with van der Waals surface area (Å²) < 4.78 is 0. The monoisotopic (exact) mass is 234 g/mol. The molecule has 6 heteroatoms. The molecular weight excluding hydrogens is 232 g/mol. The van der Waals surface area contributed by atoms with Crippen molar-refractivity contribution < 1.29 is 4.70 Å². The number of alkyl halides is 5. The lowest BCUT2D eigenvalue weighted by molar-refractivity contribution is 1.00. The SMILES string of the molecule is ClC(Cl)C(Cl)C(Cl)Cl.F. The summed E-state index contributed by atoms with van der Waals surface area (Å²) in [6.07, 6.45) is 0. The Morgan fingerprint density at radius 2 is 0.889 bits per heavy atom. The predicted octanol–water partition coefficient (Wildman–Crippen LogP) is 3.35. The molecule has 0 fully saturated rings. The third-order valence-corrected chi connectivity index (χ3v) is 2.59. The van der Waals surface area contributed by atoms with E-state index in [-0.39, 0.29) is 4.70 Å². The predicted molar refractivity (Wildman–Crippen MR) is 43.1 cm³/mol. The van der Waals surface area contributed by atoms with Crippen LogP contribution in [-0.4, -0.2) is 15.0 Å². The number of hydrogen-bond acceptors (Lipinski definition) is 0. The van der Waals surface area contributed by atoms with Gasteiger partial charge in [0.1, 0.15) is 9.67 Å². The van der Waals surface area contributed by atoms with E-state index in [0.717, 1.165) is 0 Å². The highest BCUT2D eigenvalue weighted by Crippen LogP contribution is 2.23. The van der Waals surface area contributed by atoms with Crippen LogP contribution in [0.5, 0.6) is 0 Å². The molecule has 0 nitrogen and oxygen atoms in total. The molecule has 0 atom stereocenters. The minimum Gasteiger partial charge on any atom is -0.269 e. The summed E-state index contributed by atoms with van der Waals surface area (Å²) in [6.45, 7) is 0. The molecule has 0 aromatic heterocycles. The summed E-state index contributed by atoms with van der Waals surface area (Å²) in [6, 6.07) is 0. The Morgan fingerprint density at radius 1 is 0.667 bits per heavy atom. The van der Waals surface area contributed by atoms with Crippen molar-refractivity contribution in [2.24, 2.45) is 0 Å². The molecule has 0 aromatic carbocycles. The molecule has 9 heavy (non-hydrogen) atoms. The molecule has 0 aliphatic heterocycles. The van der Waals surface area contributed by atoms with Crippen molar-refractivity contribution >= 4 is 58.0 Å². The highest BCUT2D eigenvalue weighted by atomic mass is 35.5. The molecule has 0 unspecified atom stereocenters. The Balaban J connectivity index is 0. The smallest absolute Gasteiger partial charge is 0.126 e. The standard InChI is InChI=1S/C3H3Cl5.FH/c4-1(2(5)6)3(7)8;/h1-3H;1H. The number of halogens is 6. The van der Waals surface area contributed by atoms with Crippen molar-refractivity contribution in [3.05, 3.63) is 0 Å². The lowest BCUT2D eigenvalue weighted by atomic mass is 10.5. The Hall–Kier alpha value is 1.38. The fourth-order valence-electron chi connectivity index (χ4n) is 0.110. The van der Waals surface area contributed by atoms with E-state index in [2.05, 4.69) is 0 Å². The molecule has 58 valence electrons. The molecule has 0 aliphatic rings. The second-order valence-electron chi connectivity index (χ2n) is 1.11. The molecule has 0 spiro atoms. The average molecular weight is 236 g/mol. The first-order valence-electron chi connectivity index (χ1n) is 1.76. The first-order chi connectivity index (χ1) is 3.55. The number of hydrogen-bond donors (Lipinski definition) is 0. The molecule has 0 bridgehead atoms. The van der Waals surface area contributed by atoms with Gasteiger partial charge in [-0.05, 0) is 0 Å². The highest BCUT2D eigenvalue weighted by molar-refractivity contribution is 6.54. The van der Waals surface area contributed by atoms with Gasteiger partial charge in [0.15, 0.2) is 0 Å². The van der Waals surface area contributed by atoms with Gasteiger partial charge in [0.2, 0.25) is 0 Å². The van der Waals surface area contributed by atoms with Crippen molar-refractivity contribution in [3.63, 3.8) is 0 Å². The van der Waals surface area contributed by atoms with Gasteiger partial charge >= 0.3 is 0 Å². The fourth-order valence-corrected chi connectivity index (χ4v) is 0.990. The van der Waals surface area contributed by atoms with E-state index in [4.69, 9.17) is 58.0 Å². The quantitative estimate of drug-likeness (QED) is 0.645. The van der Waals surface area contributed by atoms with Crippen LogP contribution in [0.15, 0.2) is 0 Å². The lowest BCUT2D eigenvalue weighted by Gasteiger charge is -2.08. The summed E-state index contributed by atoms with van der Waals surface area (Å²) in [7, 11) is 0. The second kappa shape index (κ2) is 6.11. The minimum absolute atomic E-state index is 0. The summed E-state index contributed by atoms with van der Waals surface area (Å²) in [4.78, 5) is -1.42. The van der Waals surface area contributed by atoms with Crippen molar-refractivity contribution in [2.45, 2.75) is 15.0 Å². The molecule has 0 aromatic rings. The highest BCUT2D eigenvalue weighted by Gasteiger charge is 2.20. The van der Waals surface area contributed by atoms with Crippen molar-refractivity contribution in [1.29, 1.82) is 0 Å². The van der Waals surface area contributed by atoms with Crippen LogP contribution >= 0.6 is 58.0 Å². The molecule has 0 amide bonds. The Morgan fingerprint density at radius 3 is 0.889 bits per heavy atom. The van der Waals surface area contributed by atoms with Crippen LogP contribution in [0.3, 0.4) is 0 Å². The van der Waals surface area contributed by atoms with Crippen LogP contribution in [0.1, 0.15) is 0 Å². The van der Waals surface area contributed by atoms with E-state index < -0.39 is 15.0 Å². The average Bonchev–Trinajstić information content (AvgIpc) is 1.64. The summed E-state index contributed by atoms with van der Waals surface area (Å²) in [5.41, 5.74) is 0. The first kappa shape index (κ1) is 13.0. The van der Waals surface area contributed by atoms with Gasteiger partial charge in [0.25, 0.3) is 0 Å². The third kappa shape index (κ3) is 5.81. The Kier molecular flexibility index (Phi) is 8.83. The van der Waals surface area contributed by atoms with Gasteiger partial charge < -0.3 is 0 Å². The van der Waals surface area contributed by atoms with Gasteiger partial charge in [-0.1, -0.05) is 0 Å². The van der Waals surface area contributed by atoms with Crippen LogP contribution in [0.4, 0.5) is 4.70 Å². The first-order valence-corrected chi connectivity index (χ1v) is 3.94. The summed E-state index contributed by atoms with van der Waals surface area (Å²) >= 11 is 26.6. The number of rotatable bonds is 2. The fraction of sp³-hybridized carbons (Fsp3) is 1.00. The molecular formula is C3H4Cl5F. The Labute approximate surface area is 77.7 Å². The molecule has 0 aliphatic carbocycles. The van der Waals surface area contributed by atoms with Gasteiger partial charge in [-0.15, -0.1) is 58.0 Å². The minimum atomic E-state index is -0.711. The zero-order valence-electron chi connectivity index (χ0n) is 4.03. The second-order valence-corrected chi connectivity index (χ2v) is 3.94. The molecule has 0 N–H and O–H groups in total. The van der Waals surface area contributed by atoms with Gasteiger partial charge in [-0.2, -0.15) is 0 Å². The van der Waals surface area contributed by atoms with Crippen LogP contribution in [0.25, 0.3) is 0 Å². The van der Waals surface area contributed by atoms with Gasteiger partial charge in [-0.25, -0.2) is 0 Å². The van der Waals surface area contributed by atoms with E-state index in [0.29, 0.717) is 0 Å². The zero-order valence-corrected chi connectivity index (χ0v) is 7.81. The lowest BCUT2D eigenvalue weighted by Crippen LogP contribution is -2.16. The van der Waals surface area contributed by atoms with Crippen LogP contribution < -0.4 is 0 Å². The van der Waals surface area contributed by atoms with Crippen LogP contribution in [0, 0.1) is 0 Å². The molecule has 0 rings (SSSR count). The van der Waals surface area contributed by atoms with Crippen molar-refractivity contribution in [2.75, 3.05) is 0 Å². The molecule has 0 saturated heterocycles. The van der Waals surface area contributed by atoms with E-state index in [1.54, 1.807) is 0 Å². The summed E-state index contributed by atoms with van der Waals surface area (Å²) in [5.74, 6) is 0. The van der Waals surface area contributed by atoms with Gasteiger partial charge in [0.05, 0.1) is 5.38 Å². The van der Waals surface area contributed by atoms with Gasteiger partial charge in [0, 0.05) is 0 Å². The summed E-state index contributed by atoms with van der Waals surface area (Å²) in [5, 5.41) is -0.596.